The smallest absolute Gasteiger partial charge is 0.339 e. The Bertz CT molecular complexity index is 950. The predicted octanol–water partition coefficient (Wildman–Crippen LogP) is 4.19. The molecule has 0 aliphatic carbocycles. The average molecular weight is 398 g/mol. The number of fused-ring (bicyclic) bond motifs is 1. The minimum atomic E-state index is -0.868. The van der Waals surface area contributed by atoms with Crippen LogP contribution in [0.2, 0.25) is 0 Å². The van der Waals surface area contributed by atoms with Crippen molar-refractivity contribution in [3.8, 4) is 0 Å². The molecule has 146 valence electrons. The fourth-order valence-electron chi connectivity index (χ4n) is 2.58. The molecular formula is C21H22N2O4S. The zero-order chi connectivity index (χ0) is 20.1. The van der Waals surface area contributed by atoms with Crippen molar-refractivity contribution in [3.05, 3.63) is 59.7 Å². The number of benzene rings is 2. The zero-order valence-electron chi connectivity index (χ0n) is 16.0. The highest BCUT2D eigenvalue weighted by Crippen LogP contribution is 2.27. The molecule has 28 heavy (non-hydrogen) atoms. The van der Waals surface area contributed by atoms with Crippen molar-refractivity contribution >= 4 is 34.7 Å². The molecule has 1 N–H and O–H groups in total. The topological polar surface area (TPSA) is 81.4 Å². The van der Waals surface area contributed by atoms with Gasteiger partial charge in [-0.15, -0.1) is 0 Å². The molecule has 1 aromatic heterocycles. The Morgan fingerprint density at radius 2 is 1.82 bits per heavy atom. The maximum atomic E-state index is 12.6. The van der Waals surface area contributed by atoms with Crippen molar-refractivity contribution in [2.75, 3.05) is 0 Å². The molecule has 1 amide bonds. The first kappa shape index (κ1) is 19.9. The van der Waals surface area contributed by atoms with Gasteiger partial charge < -0.3 is 14.5 Å². The molecule has 6 nitrogen and oxygen atoms in total. The maximum Gasteiger partial charge on any atom is 0.339 e. The number of nitrogens with zero attached hydrogens (tertiary/aromatic N) is 1. The van der Waals surface area contributed by atoms with Crippen LogP contribution in [0.15, 0.2) is 58.2 Å². The van der Waals surface area contributed by atoms with E-state index in [1.54, 1.807) is 19.1 Å². The number of nitrogens with one attached hydrogen (secondary N) is 1. The summed E-state index contributed by atoms with van der Waals surface area (Å²) in [4.78, 5) is 29.0. The Balaban J connectivity index is 1.68. The Morgan fingerprint density at radius 1 is 1.11 bits per heavy atom. The fraction of sp³-hybridized carbons (Fsp3) is 0.286. The van der Waals surface area contributed by atoms with Crippen molar-refractivity contribution in [1.82, 2.24) is 10.3 Å². The number of amides is 1. The molecule has 1 atom stereocenters. The standard InChI is InChI=1S/C21H22N2O4S/c1-13(2)22-19(24)14(3)26-20(25)16-9-5-4-8-15(16)12-28-21-23-17-10-6-7-11-18(17)27-21/h4-11,13-14H,12H2,1-3H3,(H,22,24). The van der Waals surface area contributed by atoms with Crippen LogP contribution in [0.4, 0.5) is 0 Å². The van der Waals surface area contributed by atoms with Gasteiger partial charge in [-0.1, -0.05) is 42.1 Å². The van der Waals surface area contributed by atoms with E-state index in [1.165, 1.54) is 11.8 Å². The second-order valence-corrected chi connectivity index (χ2v) is 7.53. The van der Waals surface area contributed by atoms with E-state index in [-0.39, 0.29) is 11.9 Å². The van der Waals surface area contributed by atoms with Crippen LogP contribution in [0.3, 0.4) is 0 Å². The molecule has 2 aromatic carbocycles. The molecule has 0 spiro atoms. The second-order valence-electron chi connectivity index (χ2n) is 6.60. The highest BCUT2D eigenvalue weighted by Gasteiger charge is 2.21. The highest BCUT2D eigenvalue weighted by molar-refractivity contribution is 7.98. The summed E-state index contributed by atoms with van der Waals surface area (Å²) in [5.74, 6) is -0.355. The lowest BCUT2D eigenvalue weighted by Gasteiger charge is -2.16. The third kappa shape index (κ3) is 4.92. The van der Waals surface area contributed by atoms with Gasteiger partial charge >= 0.3 is 5.97 Å². The van der Waals surface area contributed by atoms with Crippen LogP contribution in [0.25, 0.3) is 11.1 Å². The van der Waals surface area contributed by atoms with Gasteiger partial charge in [-0.3, -0.25) is 4.79 Å². The SMILES string of the molecule is CC(C)NC(=O)C(C)OC(=O)c1ccccc1CSc1nc2ccccc2o1. The summed E-state index contributed by atoms with van der Waals surface area (Å²) in [6.07, 6.45) is -0.868. The van der Waals surface area contributed by atoms with Gasteiger partial charge in [-0.25, -0.2) is 9.78 Å². The van der Waals surface area contributed by atoms with Crippen molar-refractivity contribution in [2.45, 2.75) is 43.9 Å². The Labute approximate surface area is 167 Å². The highest BCUT2D eigenvalue weighted by atomic mass is 32.2. The minimum Gasteiger partial charge on any atom is -0.449 e. The van der Waals surface area contributed by atoms with Crippen molar-refractivity contribution in [3.63, 3.8) is 0 Å². The lowest BCUT2D eigenvalue weighted by molar-refractivity contribution is -0.129. The quantitative estimate of drug-likeness (QED) is 0.475. The number of thioether (sulfide) groups is 1. The zero-order valence-corrected chi connectivity index (χ0v) is 16.8. The number of oxazole rings is 1. The molecule has 0 aliphatic rings. The molecule has 7 heteroatoms. The summed E-state index contributed by atoms with van der Waals surface area (Å²) in [6.45, 7) is 5.27. The average Bonchev–Trinajstić information content (AvgIpc) is 3.09. The number of hydrogen-bond acceptors (Lipinski definition) is 6. The molecule has 1 unspecified atom stereocenters. The minimum absolute atomic E-state index is 0.0198. The summed E-state index contributed by atoms with van der Waals surface area (Å²) in [6, 6.07) is 14.7. The van der Waals surface area contributed by atoms with E-state index in [1.807, 2.05) is 50.2 Å². The van der Waals surface area contributed by atoms with E-state index >= 15 is 0 Å². The molecule has 0 saturated heterocycles. The summed E-state index contributed by atoms with van der Waals surface area (Å²) in [5.41, 5.74) is 2.73. The third-order valence-electron chi connectivity index (χ3n) is 3.95. The molecule has 0 saturated carbocycles. The fourth-order valence-corrected chi connectivity index (χ4v) is 3.42. The summed E-state index contributed by atoms with van der Waals surface area (Å²) >= 11 is 1.40. The van der Waals surface area contributed by atoms with E-state index < -0.39 is 12.1 Å². The van der Waals surface area contributed by atoms with Crippen LogP contribution in [0.1, 0.15) is 36.7 Å². The number of carbonyl (C=O) groups is 2. The van der Waals surface area contributed by atoms with E-state index in [2.05, 4.69) is 10.3 Å². The number of rotatable bonds is 7. The Morgan fingerprint density at radius 3 is 2.57 bits per heavy atom. The number of esters is 1. The van der Waals surface area contributed by atoms with Gasteiger partial charge in [0.05, 0.1) is 5.56 Å². The second kappa shape index (κ2) is 8.93. The molecule has 1 heterocycles. The number of carbonyl (C=O) groups excluding carboxylic acids is 2. The van der Waals surface area contributed by atoms with E-state index in [9.17, 15) is 9.59 Å². The van der Waals surface area contributed by atoms with Gasteiger partial charge in [0.25, 0.3) is 11.1 Å². The van der Waals surface area contributed by atoms with Gasteiger partial charge in [0.2, 0.25) is 0 Å². The lowest BCUT2D eigenvalue weighted by atomic mass is 10.1. The summed E-state index contributed by atoms with van der Waals surface area (Å²) in [7, 11) is 0. The third-order valence-corrected chi connectivity index (χ3v) is 4.82. The summed E-state index contributed by atoms with van der Waals surface area (Å²) < 4.78 is 11.0. The van der Waals surface area contributed by atoms with Gasteiger partial charge in [0, 0.05) is 11.8 Å². The Hall–Kier alpha value is -2.80. The number of para-hydroxylation sites is 2. The van der Waals surface area contributed by atoms with Crippen molar-refractivity contribution in [1.29, 1.82) is 0 Å². The molecule has 0 radical (unpaired) electrons. The van der Waals surface area contributed by atoms with Crippen molar-refractivity contribution < 1.29 is 18.7 Å². The first-order chi connectivity index (χ1) is 13.4. The first-order valence-corrected chi connectivity index (χ1v) is 10.00. The molecule has 0 fully saturated rings. The molecule has 3 rings (SSSR count). The van der Waals surface area contributed by atoms with E-state index in [4.69, 9.17) is 9.15 Å². The largest absolute Gasteiger partial charge is 0.449 e. The molecule has 3 aromatic rings. The molecule has 0 bridgehead atoms. The number of aromatic nitrogens is 1. The van der Waals surface area contributed by atoms with Gasteiger partial charge in [0.15, 0.2) is 11.7 Å². The van der Waals surface area contributed by atoms with Crippen LogP contribution in [0, 0.1) is 0 Å². The van der Waals surface area contributed by atoms with Crippen LogP contribution >= 0.6 is 11.8 Å². The first-order valence-electron chi connectivity index (χ1n) is 9.01. The number of hydrogen-bond donors (Lipinski definition) is 1. The predicted molar refractivity (Wildman–Crippen MR) is 108 cm³/mol. The van der Waals surface area contributed by atoms with Crippen LogP contribution in [-0.4, -0.2) is 29.0 Å². The van der Waals surface area contributed by atoms with Crippen LogP contribution < -0.4 is 5.32 Å². The van der Waals surface area contributed by atoms with Crippen LogP contribution in [0.5, 0.6) is 0 Å². The Kier molecular flexibility index (Phi) is 6.36. The molecular weight excluding hydrogens is 376 g/mol. The number of ether oxygens (including phenoxy) is 1. The maximum absolute atomic E-state index is 12.6. The van der Waals surface area contributed by atoms with Crippen molar-refractivity contribution in [2.24, 2.45) is 0 Å². The normalized spacial score (nSPS) is 12.1. The van der Waals surface area contributed by atoms with Gasteiger partial charge in [-0.2, -0.15) is 0 Å². The summed E-state index contributed by atoms with van der Waals surface area (Å²) in [5, 5.41) is 3.27. The van der Waals surface area contributed by atoms with Crippen LogP contribution in [-0.2, 0) is 15.3 Å². The lowest BCUT2D eigenvalue weighted by Crippen LogP contribution is -2.39. The molecule has 0 aliphatic heterocycles. The van der Waals surface area contributed by atoms with E-state index in [0.717, 1.165) is 16.7 Å². The van der Waals surface area contributed by atoms with E-state index in [0.29, 0.717) is 16.5 Å². The van der Waals surface area contributed by atoms with Gasteiger partial charge in [-0.05, 0) is 44.5 Å². The van der Waals surface area contributed by atoms with Gasteiger partial charge in [0.1, 0.15) is 5.52 Å². The monoisotopic (exact) mass is 398 g/mol.